The molecule has 3 nitrogen and oxygen atoms in total. The number of hydrogen-bond donors (Lipinski definition) is 1. The van der Waals surface area contributed by atoms with E-state index in [9.17, 15) is 5.11 Å². The van der Waals surface area contributed by atoms with Gasteiger partial charge in [-0.15, -0.1) is 0 Å². The fourth-order valence-electron chi connectivity index (χ4n) is 2.69. The largest absolute Gasteiger partial charge is 0.386 e. The van der Waals surface area contributed by atoms with Crippen LogP contribution in [0.5, 0.6) is 0 Å². The first kappa shape index (κ1) is 10.4. The van der Waals surface area contributed by atoms with Gasteiger partial charge < -0.3 is 9.84 Å². The molecule has 2 atom stereocenters. The molecule has 2 aliphatic rings. The van der Waals surface area contributed by atoms with Gasteiger partial charge in [-0.05, 0) is 39.7 Å². The van der Waals surface area contributed by atoms with Crippen LogP contribution >= 0.6 is 0 Å². The molecule has 2 fully saturated rings. The number of rotatable bonds is 3. The van der Waals surface area contributed by atoms with Gasteiger partial charge in [0.05, 0.1) is 12.7 Å². The molecule has 0 aliphatic carbocycles. The summed E-state index contributed by atoms with van der Waals surface area (Å²) in [4.78, 5) is 2.41. The fraction of sp³-hybridized carbons (Fsp3) is 1.00. The van der Waals surface area contributed by atoms with E-state index in [1.165, 1.54) is 6.42 Å². The van der Waals surface area contributed by atoms with Crippen molar-refractivity contribution in [1.29, 1.82) is 0 Å². The third kappa shape index (κ3) is 1.81. The van der Waals surface area contributed by atoms with Crippen LogP contribution in [0.2, 0.25) is 0 Å². The molecule has 0 amide bonds. The highest BCUT2D eigenvalue weighted by atomic mass is 16.5. The maximum Gasteiger partial charge on any atom is 0.105 e. The van der Waals surface area contributed by atoms with Gasteiger partial charge >= 0.3 is 0 Å². The van der Waals surface area contributed by atoms with Gasteiger partial charge in [0.1, 0.15) is 5.60 Å². The van der Waals surface area contributed by atoms with E-state index in [1.807, 2.05) is 13.8 Å². The van der Waals surface area contributed by atoms with Crippen LogP contribution in [0.4, 0.5) is 0 Å². The summed E-state index contributed by atoms with van der Waals surface area (Å²) >= 11 is 0. The molecule has 2 aliphatic heterocycles. The Morgan fingerprint density at radius 1 is 1.50 bits per heavy atom. The second-order valence-corrected chi connectivity index (χ2v) is 4.91. The minimum Gasteiger partial charge on any atom is -0.386 e. The fourth-order valence-corrected chi connectivity index (χ4v) is 2.69. The lowest BCUT2D eigenvalue weighted by molar-refractivity contribution is -0.0770. The summed E-state index contributed by atoms with van der Waals surface area (Å²) in [6.45, 7) is 6.75. The molecule has 2 heterocycles. The Bertz CT molecular complexity index is 207. The molecule has 2 saturated heterocycles. The summed E-state index contributed by atoms with van der Waals surface area (Å²) in [6.07, 6.45) is 3.46. The predicted octanol–water partition coefficient (Wildman–Crippen LogP) is 1.01. The zero-order valence-electron chi connectivity index (χ0n) is 9.20. The smallest absolute Gasteiger partial charge is 0.105 e. The summed E-state index contributed by atoms with van der Waals surface area (Å²) in [5.41, 5.74) is -0.569. The van der Waals surface area contributed by atoms with Gasteiger partial charge in [-0.1, -0.05) is 0 Å². The molecule has 2 rings (SSSR count). The highest BCUT2D eigenvalue weighted by molar-refractivity contribution is 5.02. The SMILES string of the molecule is CC(C)OCC1(O)CCN2CCCC21. The Morgan fingerprint density at radius 3 is 3.00 bits per heavy atom. The first-order valence-electron chi connectivity index (χ1n) is 5.70. The molecular weight excluding hydrogens is 178 g/mol. The van der Waals surface area contributed by atoms with Crippen molar-refractivity contribution in [3.05, 3.63) is 0 Å². The van der Waals surface area contributed by atoms with Crippen LogP contribution in [0.25, 0.3) is 0 Å². The minimum absolute atomic E-state index is 0.217. The monoisotopic (exact) mass is 199 g/mol. The Balaban J connectivity index is 1.94. The number of ether oxygens (including phenoxy) is 1. The van der Waals surface area contributed by atoms with Gasteiger partial charge in [0.15, 0.2) is 0 Å². The lowest BCUT2D eigenvalue weighted by Crippen LogP contribution is -2.45. The van der Waals surface area contributed by atoms with Crippen molar-refractivity contribution in [3.63, 3.8) is 0 Å². The third-order valence-corrected chi connectivity index (χ3v) is 3.48. The molecule has 82 valence electrons. The summed E-state index contributed by atoms with van der Waals surface area (Å²) in [5, 5.41) is 10.4. The highest BCUT2D eigenvalue weighted by Crippen LogP contribution is 2.36. The van der Waals surface area contributed by atoms with E-state index in [2.05, 4.69) is 4.90 Å². The standard InChI is InChI=1S/C11H21NO2/c1-9(2)14-8-11(13)5-7-12-6-3-4-10(11)12/h9-10,13H,3-8H2,1-2H3. The average Bonchev–Trinajstić information content (AvgIpc) is 2.68. The normalized spacial score (nSPS) is 38.1. The van der Waals surface area contributed by atoms with E-state index in [0.29, 0.717) is 12.6 Å². The molecule has 1 N–H and O–H groups in total. The number of fused-ring (bicyclic) bond motifs is 1. The summed E-state index contributed by atoms with van der Waals surface area (Å²) in [5.74, 6) is 0. The summed E-state index contributed by atoms with van der Waals surface area (Å²) in [7, 11) is 0. The van der Waals surface area contributed by atoms with E-state index in [1.54, 1.807) is 0 Å². The molecule has 14 heavy (non-hydrogen) atoms. The van der Waals surface area contributed by atoms with Crippen molar-refractivity contribution in [3.8, 4) is 0 Å². The van der Waals surface area contributed by atoms with Crippen LogP contribution in [0.15, 0.2) is 0 Å². The van der Waals surface area contributed by atoms with Gasteiger partial charge in [-0.2, -0.15) is 0 Å². The van der Waals surface area contributed by atoms with E-state index >= 15 is 0 Å². The van der Waals surface area contributed by atoms with Crippen LogP contribution in [0.1, 0.15) is 33.1 Å². The second kappa shape index (κ2) is 3.80. The van der Waals surface area contributed by atoms with Crippen molar-refractivity contribution < 1.29 is 9.84 Å². The number of aliphatic hydroxyl groups is 1. The molecule has 0 radical (unpaired) electrons. The summed E-state index contributed by atoms with van der Waals surface area (Å²) in [6, 6.07) is 0.362. The molecule has 2 unspecified atom stereocenters. The molecule has 0 aromatic heterocycles. The van der Waals surface area contributed by atoms with Crippen LogP contribution in [-0.2, 0) is 4.74 Å². The topological polar surface area (TPSA) is 32.7 Å². The lowest BCUT2D eigenvalue weighted by atomic mass is 9.94. The lowest BCUT2D eigenvalue weighted by Gasteiger charge is -2.30. The zero-order valence-corrected chi connectivity index (χ0v) is 9.20. The minimum atomic E-state index is -0.569. The van der Waals surface area contributed by atoms with Crippen LogP contribution in [0.3, 0.4) is 0 Å². The Hall–Kier alpha value is -0.120. The van der Waals surface area contributed by atoms with Gasteiger partial charge in [0.25, 0.3) is 0 Å². The maximum atomic E-state index is 10.4. The Kier molecular flexibility index (Phi) is 2.82. The third-order valence-electron chi connectivity index (χ3n) is 3.48. The van der Waals surface area contributed by atoms with E-state index in [0.717, 1.165) is 25.9 Å². The number of hydrogen-bond acceptors (Lipinski definition) is 3. The second-order valence-electron chi connectivity index (χ2n) is 4.91. The maximum absolute atomic E-state index is 10.4. The quantitative estimate of drug-likeness (QED) is 0.736. The van der Waals surface area contributed by atoms with Crippen molar-refractivity contribution in [2.75, 3.05) is 19.7 Å². The van der Waals surface area contributed by atoms with Gasteiger partial charge in [-0.25, -0.2) is 0 Å². The average molecular weight is 199 g/mol. The van der Waals surface area contributed by atoms with Crippen LogP contribution in [0, 0.1) is 0 Å². The van der Waals surface area contributed by atoms with Crippen molar-refractivity contribution in [2.45, 2.75) is 50.9 Å². The Labute approximate surface area is 86.0 Å². The molecule has 0 bridgehead atoms. The van der Waals surface area contributed by atoms with Gasteiger partial charge in [0, 0.05) is 12.6 Å². The molecule has 0 spiro atoms. The van der Waals surface area contributed by atoms with Crippen molar-refractivity contribution >= 4 is 0 Å². The first-order valence-corrected chi connectivity index (χ1v) is 5.70. The predicted molar refractivity (Wildman–Crippen MR) is 55.2 cm³/mol. The van der Waals surface area contributed by atoms with E-state index in [4.69, 9.17) is 4.74 Å². The number of nitrogens with zero attached hydrogens (tertiary/aromatic N) is 1. The van der Waals surface area contributed by atoms with Crippen molar-refractivity contribution in [2.24, 2.45) is 0 Å². The van der Waals surface area contributed by atoms with E-state index in [-0.39, 0.29) is 6.10 Å². The van der Waals surface area contributed by atoms with E-state index < -0.39 is 5.60 Å². The molecular formula is C11H21NO2. The van der Waals surface area contributed by atoms with Gasteiger partial charge in [-0.3, -0.25) is 4.90 Å². The highest BCUT2D eigenvalue weighted by Gasteiger charge is 2.48. The van der Waals surface area contributed by atoms with Gasteiger partial charge in [0.2, 0.25) is 0 Å². The zero-order chi connectivity index (χ0) is 10.2. The molecule has 3 heteroatoms. The van der Waals surface area contributed by atoms with Crippen LogP contribution in [-0.4, -0.2) is 47.4 Å². The Morgan fingerprint density at radius 2 is 2.29 bits per heavy atom. The summed E-state index contributed by atoms with van der Waals surface area (Å²) < 4.78 is 5.56. The van der Waals surface area contributed by atoms with Crippen LogP contribution < -0.4 is 0 Å². The molecule has 0 aromatic carbocycles. The first-order chi connectivity index (χ1) is 6.62. The molecule has 0 aromatic rings. The molecule has 0 saturated carbocycles. The van der Waals surface area contributed by atoms with Crippen molar-refractivity contribution in [1.82, 2.24) is 4.90 Å².